The van der Waals surface area contributed by atoms with Crippen LogP contribution in [0.2, 0.25) is 0 Å². The van der Waals surface area contributed by atoms with Gasteiger partial charge < -0.3 is 5.32 Å². The molecule has 0 bridgehead atoms. The van der Waals surface area contributed by atoms with Crippen molar-refractivity contribution in [2.24, 2.45) is 0 Å². The average molecular weight is 263 g/mol. The van der Waals surface area contributed by atoms with Gasteiger partial charge in [-0.15, -0.1) is 5.10 Å². The first kappa shape index (κ1) is 12.6. The van der Waals surface area contributed by atoms with Crippen molar-refractivity contribution in [1.82, 2.24) is 10.2 Å². The van der Waals surface area contributed by atoms with E-state index in [4.69, 9.17) is 0 Å². The number of nitrogens with one attached hydrogen (secondary N) is 1. The molecule has 2 aromatic carbocycles. The van der Waals surface area contributed by atoms with Crippen LogP contribution in [0.1, 0.15) is 24.1 Å². The Morgan fingerprint density at radius 2 is 1.75 bits per heavy atom. The van der Waals surface area contributed by atoms with Gasteiger partial charge in [-0.25, -0.2) is 0 Å². The molecule has 3 heteroatoms. The number of hydrogen-bond donors (Lipinski definition) is 1. The van der Waals surface area contributed by atoms with Crippen molar-refractivity contribution in [1.29, 1.82) is 0 Å². The number of nitrogens with zero attached hydrogens (tertiary/aromatic N) is 2. The monoisotopic (exact) mass is 263 g/mol. The molecule has 3 nitrogen and oxygen atoms in total. The lowest BCUT2D eigenvalue weighted by Crippen LogP contribution is -2.08. The molecule has 3 rings (SSSR count). The first-order valence-electron chi connectivity index (χ1n) is 6.77. The van der Waals surface area contributed by atoms with E-state index in [-0.39, 0.29) is 6.04 Å². The maximum atomic E-state index is 4.23. The van der Waals surface area contributed by atoms with Gasteiger partial charge in [-0.05, 0) is 19.4 Å². The summed E-state index contributed by atoms with van der Waals surface area (Å²) < 4.78 is 0. The second-order valence-corrected chi connectivity index (χ2v) is 5.06. The zero-order chi connectivity index (χ0) is 13.9. The Morgan fingerprint density at radius 3 is 2.55 bits per heavy atom. The maximum Gasteiger partial charge on any atom is 0.157 e. The van der Waals surface area contributed by atoms with Gasteiger partial charge in [0.2, 0.25) is 0 Å². The van der Waals surface area contributed by atoms with Gasteiger partial charge in [0.1, 0.15) is 0 Å². The Balaban J connectivity index is 1.91. The largest absolute Gasteiger partial charge is 0.362 e. The molecule has 0 amide bonds. The van der Waals surface area contributed by atoms with Crippen molar-refractivity contribution in [3.05, 3.63) is 65.9 Å². The first-order valence-corrected chi connectivity index (χ1v) is 6.77. The summed E-state index contributed by atoms with van der Waals surface area (Å²) in [6, 6.07) is 16.9. The van der Waals surface area contributed by atoms with Gasteiger partial charge in [0, 0.05) is 10.8 Å². The highest BCUT2D eigenvalue weighted by atomic mass is 15.2. The summed E-state index contributed by atoms with van der Waals surface area (Å²) >= 11 is 0. The molecule has 0 spiro atoms. The molecule has 0 saturated carbocycles. The zero-order valence-electron chi connectivity index (χ0n) is 11.7. The summed E-state index contributed by atoms with van der Waals surface area (Å²) in [4.78, 5) is 0. The minimum absolute atomic E-state index is 0.190. The number of benzene rings is 2. The molecule has 100 valence electrons. The third-order valence-corrected chi connectivity index (χ3v) is 3.50. The van der Waals surface area contributed by atoms with E-state index in [9.17, 15) is 0 Å². The minimum Gasteiger partial charge on any atom is -0.362 e. The van der Waals surface area contributed by atoms with E-state index in [0.29, 0.717) is 0 Å². The third-order valence-electron chi connectivity index (χ3n) is 3.50. The van der Waals surface area contributed by atoms with Gasteiger partial charge in [-0.2, -0.15) is 5.10 Å². The molecule has 1 heterocycles. The van der Waals surface area contributed by atoms with E-state index in [1.165, 1.54) is 11.1 Å². The molecule has 0 aliphatic heterocycles. The predicted molar refractivity (Wildman–Crippen MR) is 82.8 cm³/mol. The van der Waals surface area contributed by atoms with Gasteiger partial charge in [0.25, 0.3) is 0 Å². The van der Waals surface area contributed by atoms with Crippen molar-refractivity contribution >= 4 is 16.6 Å². The molecule has 0 saturated heterocycles. The summed E-state index contributed by atoms with van der Waals surface area (Å²) in [5.41, 5.74) is 2.51. The number of aryl methyl sites for hydroxylation is 1. The number of anilines is 1. The fraction of sp³-hybridized carbons (Fsp3) is 0.176. The highest BCUT2D eigenvalue weighted by molar-refractivity contribution is 5.90. The number of hydrogen-bond acceptors (Lipinski definition) is 3. The van der Waals surface area contributed by atoms with Gasteiger partial charge in [-0.3, -0.25) is 0 Å². The van der Waals surface area contributed by atoms with Crippen molar-refractivity contribution in [3.63, 3.8) is 0 Å². The molecule has 1 unspecified atom stereocenters. The van der Waals surface area contributed by atoms with E-state index >= 15 is 0 Å². The van der Waals surface area contributed by atoms with E-state index in [1.54, 1.807) is 6.20 Å². The van der Waals surface area contributed by atoms with E-state index in [0.717, 1.165) is 16.6 Å². The van der Waals surface area contributed by atoms with Crippen LogP contribution in [0.15, 0.2) is 54.7 Å². The van der Waals surface area contributed by atoms with Crippen molar-refractivity contribution in [2.75, 3.05) is 5.32 Å². The van der Waals surface area contributed by atoms with E-state index in [2.05, 4.69) is 59.7 Å². The van der Waals surface area contributed by atoms with E-state index < -0.39 is 0 Å². The summed E-state index contributed by atoms with van der Waals surface area (Å²) in [5, 5.41) is 13.9. The molecule has 3 aromatic rings. The Bertz CT molecular complexity index is 714. The van der Waals surface area contributed by atoms with E-state index in [1.807, 2.05) is 18.2 Å². The zero-order valence-corrected chi connectivity index (χ0v) is 11.7. The highest BCUT2D eigenvalue weighted by Crippen LogP contribution is 2.24. The Hall–Kier alpha value is -2.42. The molecular weight excluding hydrogens is 246 g/mol. The molecule has 1 N–H and O–H groups in total. The van der Waals surface area contributed by atoms with Crippen LogP contribution < -0.4 is 5.32 Å². The summed E-state index contributed by atoms with van der Waals surface area (Å²) in [5.74, 6) is 0.830. The number of aromatic nitrogens is 2. The van der Waals surface area contributed by atoms with Crippen LogP contribution in [0.3, 0.4) is 0 Å². The van der Waals surface area contributed by atoms with Crippen LogP contribution in [0.5, 0.6) is 0 Å². The van der Waals surface area contributed by atoms with Crippen molar-refractivity contribution in [2.45, 2.75) is 19.9 Å². The second kappa shape index (κ2) is 5.29. The second-order valence-electron chi connectivity index (χ2n) is 5.06. The third kappa shape index (κ3) is 2.48. The maximum absolute atomic E-state index is 4.23. The summed E-state index contributed by atoms with van der Waals surface area (Å²) in [6.07, 6.45) is 1.79. The molecule has 0 aliphatic rings. The first-order chi connectivity index (χ1) is 9.74. The Labute approximate surface area is 118 Å². The SMILES string of the molecule is Cc1ccc(C(C)Nc2nncc3ccccc23)cc1. The van der Waals surface area contributed by atoms with Gasteiger partial charge in [0.05, 0.1) is 12.2 Å². The normalized spacial score (nSPS) is 12.3. The lowest BCUT2D eigenvalue weighted by molar-refractivity contribution is 0.865. The molecular formula is C17H17N3. The fourth-order valence-electron chi connectivity index (χ4n) is 2.28. The fourth-order valence-corrected chi connectivity index (χ4v) is 2.28. The van der Waals surface area contributed by atoms with Crippen LogP contribution in [0, 0.1) is 6.92 Å². The minimum atomic E-state index is 0.190. The smallest absolute Gasteiger partial charge is 0.157 e. The van der Waals surface area contributed by atoms with Crippen molar-refractivity contribution < 1.29 is 0 Å². The van der Waals surface area contributed by atoms with Crippen LogP contribution in [0.4, 0.5) is 5.82 Å². The summed E-state index contributed by atoms with van der Waals surface area (Å²) in [6.45, 7) is 4.23. The molecule has 0 aliphatic carbocycles. The van der Waals surface area contributed by atoms with Crippen LogP contribution in [-0.4, -0.2) is 10.2 Å². The Kier molecular flexibility index (Phi) is 3.33. The highest BCUT2D eigenvalue weighted by Gasteiger charge is 2.08. The summed E-state index contributed by atoms with van der Waals surface area (Å²) in [7, 11) is 0. The van der Waals surface area contributed by atoms with Crippen LogP contribution in [-0.2, 0) is 0 Å². The Morgan fingerprint density at radius 1 is 1.00 bits per heavy atom. The quantitative estimate of drug-likeness (QED) is 0.772. The van der Waals surface area contributed by atoms with Crippen LogP contribution in [0.25, 0.3) is 10.8 Å². The molecule has 0 fully saturated rings. The van der Waals surface area contributed by atoms with Gasteiger partial charge in [-0.1, -0.05) is 54.1 Å². The molecule has 1 aromatic heterocycles. The van der Waals surface area contributed by atoms with Gasteiger partial charge >= 0.3 is 0 Å². The predicted octanol–water partition coefficient (Wildman–Crippen LogP) is 4.11. The number of fused-ring (bicyclic) bond motifs is 1. The standard InChI is InChI=1S/C17H17N3/c1-12-7-9-14(10-8-12)13(2)19-17-16-6-4-3-5-15(16)11-18-20-17/h3-11,13H,1-2H3,(H,19,20). The van der Waals surface area contributed by atoms with Crippen LogP contribution >= 0.6 is 0 Å². The average Bonchev–Trinajstić information content (AvgIpc) is 2.48. The van der Waals surface area contributed by atoms with Gasteiger partial charge in [0.15, 0.2) is 5.82 Å². The molecule has 20 heavy (non-hydrogen) atoms. The van der Waals surface area contributed by atoms with Crippen molar-refractivity contribution in [3.8, 4) is 0 Å². The lowest BCUT2D eigenvalue weighted by atomic mass is 10.1. The topological polar surface area (TPSA) is 37.8 Å². The molecule has 0 radical (unpaired) electrons. The number of rotatable bonds is 3. The molecule has 1 atom stereocenters. The lowest BCUT2D eigenvalue weighted by Gasteiger charge is -2.16.